The van der Waals surface area contributed by atoms with Crippen LogP contribution in [0.1, 0.15) is 55.0 Å². The molecule has 0 saturated heterocycles. The Morgan fingerprint density at radius 3 is 2.82 bits per heavy atom. The van der Waals surface area contributed by atoms with E-state index in [0.717, 1.165) is 16.2 Å². The van der Waals surface area contributed by atoms with Gasteiger partial charge in [-0.25, -0.2) is 14.6 Å². The molecule has 28 heavy (non-hydrogen) atoms. The van der Waals surface area contributed by atoms with Gasteiger partial charge in [0.25, 0.3) is 0 Å². The van der Waals surface area contributed by atoms with Crippen LogP contribution in [0.3, 0.4) is 0 Å². The third-order valence-electron chi connectivity index (χ3n) is 4.67. The lowest BCUT2D eigenvalue weighted by Gasteiger charge is -2.09. The zero-order valence-electron chi connectivity index (χ0n) is 15.6. The maximum absolute atomic E-state index is 11.1. The number of pyridine rings is 1. The van der Waals surface area contributed by atoms with Crippen LogP contribution in [0.4, 0.5) is 0 Å². The molecule has 4 heterocycles. The topological polar surface area (TPSA) is 90.4 Å². The average Bonchev–Trinajstić information content (AvgIpc) is 3.08. The molecule has 0 aromatic carbocycles. The van der Waals surface area contributed by atoms with E-state index in [1.54, 1.807) is 40.8 Å². The number of aliphatic hydroxyl groups is 1. The number of aliphatic hydroxyl groups excluding tert-OH is 1. The Hall–Kier alpha value is -2.78. The highest BCUT2D eigenvalue weighted by atomic mass is 32.1. The molecule has 1 saturated carbocycles. The number of hydrogen-bond acceptors (Lipinski definition) is 7. The van der Waals surface area contributed by atoms with Crippen molar-refractivity contribution in [1.29, 1.82) is 0 Å². The maximum atomic E-state index is 11.1. The Morgan fingerprint density at radius 2 is 2.11 bits per heavy atom. The summed E-state index contributed by atoms with van der Waals surface area (Å²) in [7, 11) is 0. The molecule has 0 amide bonds. The van der Waals surface area contributed by atoms with Crippen molar-refractivity contribution in [3.05, 3.63) is 53.3 Å². The van der Waals surface area contributed by atoms with E-state index in [-0.39, 0.29) is 6.10 Å². The van der Waals surface area contributed by atoms with Crippen molar-refractivity contribution < 1.29 is 9.84 Å². The van der Waals surface area contributed by atoms with Crippen molar-refractivity contribution in [1.82, 2.24) is 29.4 Å². The molecule has 144 valence electrons. The molecule has 8 nitrogen and oxygen atoms in total. The fraction of sp³-hybridized carbons (Fsp3) is 0.368. The van der Waals surface area contributed by atoms with Gasteiger partial charge in [-0.1, -0.05) is 5.21 Å². The lowest BCUT2D eigenvalue weighted by atomic mass is 10.1. The molecule has 5 rings (SSSR count). The minimum Gasteiger partial charge on any atom is -0.475 e. The standard InChI is InChI=1S/C19H20N6O2S/c1-11(2)27-15-6-5-13(7-21-15)25-9-14(22-23-25)18(26)17-19(12-3-4-12)28-16-8-20-10-24(16)17/h5-12,18,26H,3-4H2,1-2H3. The molecule has 4 aromatic heterocycles. The number of hydrogen-bond donors (Lipinski definition) is 1. The lowest BCUT2D eigenvalue weighted by Crippen LogP contribution is -2.07. The Bertz CT molecular complexity index is 1110. The first-order valence-corrected chi connectivity index (χ1v) is 10.1. The molecule has 1 fully saturated rings. The van der Waals surface area contributed by atoms with E-state index in [2.05, 4.69) is 20.3 Å². The predicted molar refractivity (Wildman–Crippen MR) is 104 cm³/mol. The molecular weight excluding hydrogens is 376 g/mol. The number of ether oxygens (including phenoxy) is 1. The van der Waals surface area contributed by atoms with Gasteiger partial charge in [-0.3, -0.25) is 4.40 Å². The molecule has 0 radical (unpaired) electrons. The van der Waals surface area contributed by atoms with Crippen LogP contribution in [-0.2, 0) is 0 Å². The second-order valence-electron chi connectivity index (χ2n) is 7.24. The highest BCUT2D eigenvalue weighted by molar-refractivity contribution is 7.17. The van der Waals surface area contributed by atoms with Gasteiger partial charge in [-0.05, 0) is 38.7 Å². The summed E-state index contributed by atoms with van der Waals surface area (Å²) < 4.78 is 9.14. The van der Waals surface area contributed by atoms with Gasteiger partial charge in [0.2, 0.25) is 5.88 Å². The van der Waals surface area contributed by atoms with Crippen LogP contribution in [-0.4, -0.2) is 40.6 Å². The fourth-order valence-corrected chi connectivity index (χ4v) is 4.51. The van der Waals surface area contributed by atoms with Gasteiger partial charge in [-0.15, -0.1) is 16.4 Å². The predicted octanol–water partition coefficient (Wildman–Crippen LogP) is 3.12. The summed E-state index contributed by atoms with van der Waals surface area (Å²) >= 11 is 1.70. The maximum Gasteiger partial charge on any atom is 0.213 e. The Morgan fingerprint density at radius 1 is 1.25 bits per heavy atom. The number of aromatic nitrogens is 6. The monoisotopic (exact) mass is 396 g/mol. The van der Waals surface area contributed by atoms with Gasteiger partial charge >= 0.3 is 0 Å². The number of thiazole rings is 1. The van der Waals surface area contributed by atoms with E-state index in [4.69, 9.17) is 4.74 Å². The zero-order chi connectivity index (χ0) is 19.3. The quantitative estimate of drug-likeness (QED) is 0.539. The van der Waals surface area contributed by atoms with E-state index >= 15 is 0 Å². The summed E-state index contributed by atoms with van der Waals surface area (Å²) in [6.45, 7) is 3.91. The third kappa shape index (κ3) is 3.06. The van der Waals surface area contributed by atoms with Crippen molar-refractivity contribution in [2.24, 2.45) is 0 Å². The van der Waals surface area contributed by atoms with Crippen molar-refractivity contribution in [2.45, 2.75) is 44.8 Å². The van der Waals surface area contributed by atoms with E-state index in [0.29, 0.717) is 17.5 Å². The van der Waals surface area contributed by atoms with Crippen LogP contribution in [0, 0.1) is 0 Å². The van der Waals surface area contributed by atoms with Crippen molar-refractivity contribution in [3.8, 4) is 11.6 Å². The third-order valence-corrected chi connectivity index (χ3v) is 5.94. The summed E-state index contributed by atoms with van der Waals surface area (Å²) in [4.78, 5) is 10.8. The minimum absolute atomic E-state index is 0.0674. The van der Waals surface area contributed by atoms with Crippen LogP contribution in [0.15, 0.2) is 37.1 Å². The van der Waals surface area contributed by atoms with Crippen LogP contribution in [0.2, 0.25) is 0 Å². The molecular formula is C19H20N6O2S. The van der Waals surface area contributed by atoms with Crippen LogP contribution >= 0.6 is 11.3 Å². The molecule has 1 aliphatic carbocycles. The summed E-state index contributed by atoms with van der Waals surface area (Å²) in [5, 5.41) is 19.4. The van der Waals surface area contributed by atoms with Crippen molar-refractivity contribution >= 4 is 16.2 Å². The second-order valence-corrected chi connectivity index (χ2v) is 8.30. The average molecular weight is 396 g/mol. The summed E-state index contributed by atoms with van der Waals surface area (Å²) in [5.74, 6) is 1.09. The van der Waals surface area contributed by atoms with Crippen molar-refractivity contribution in [3.63, 3.8) is 0 Å². The lowest BCUT2D eigenvalue weighted by molar-refractivity contribution is 0.208. The first-order valence-electron chi connectivity index (χ1n) is 9.28. The summed E-state index contributed by atoms with van der Waals surface area (Å²) in [6.07, 6.45) is 8.54. The first-order chi connectivity index (χ1) is 13.6. The van der Waals surface area contributed by atoms with E-state index in [1.807, 2.05) is 30.5 Å². The molecule has 1 N–H and O–H groups in total. The number of imidazole rings is 1. The Labute approximate surface area is 165 Å². The molecule has 4 aromatic rings. The molecule has 0 spiro atoms. The zero-order valence-corrected chi connectivity index (χ0v) is 16.4. The fourth-order valence-electron chi connectivity index (χ4n) is 3.21. The van der Waals surface area contributed by atoms with Gasteiger partial charge in [0.1, 0.15) is 23.0 Å². The van der Waals surface area contributed by atoms with Gasteiger partial charge in [0.05, 0.1) is 36.1 Å². The van der Waals surface area contributed by atoms with Gasteiger partial charge in [0, 0.05) is 10.9 Å². The summed E-state index contributed by atoms with van der Waals surface area (Å²) in [5.41, 5.74) is 2.10. The van der Waals surface area contributed by atoms with E-state index < -0.39 is 6.10 Å². The number of rotatable bonds is 6. The second kappa shape index (κ2) is 6.68. The first kappa shape index (κ1) is 17.3. The van der Waals surface area contributed by atoms with Gasteiger partial charge in [-0.2, -0.15) is 0 Å². The van der Waals surface area contributed by atoms with Gasteiger partial charge < -0.3 is 9.84 Å². The van der Waals surface area contributed by atoms with Crippen molar-refractivity contribution in [2.75, 3.05) is 0 Å². The number of fused-ring (bicyclic) bond motifs is 1. The molecule has 9 heteroatoms. The van der Waals surface area contributed by atoms with E-state index in [1.165, 1.54) is 17.7 Å². The highest BCUT2D eigenvalue weighted by Gasteiger charge is 2.33. The number of nitrogens with zero attached hydrogens (tertiary/aromatic N) is 6. The van der Waals surface area contributed by atoms with Crippen LogP contribution < -0.4 is 4.74 Å². The molecule has 0 bridgehead atoms. The largest absolute Gasteiger partial charge is 0.475 e. The highest BCUT2D eigenvalue weighted by Crippen LogP contribution is 2.47. The Kier molecular flexibility index (Phi) is 4.13. The van der Waals surface area contributed by atoms with E-state index in [9.17, 15) is 5.11 Å². The molecule has 1 unspecified atom stereocenters. The Balaban J connectivity index is 1.45. The summed E-state index contributed by atoms with van der Waals surface area (Å²) in [6, 6.07) is 3.66. The van der Waals surface area contributed by atoms with Gasteiger partial charge in [0.15, 0.2) is 0 Å². The smallest absolute Gasteiger partial charge is 0.213 e. The normalized spacial score (nSPS) is 15.4. The molecule has 1 atom stereocenters. The molecule has 0 aliphatic heterocycles. The van der Waals surface area contributed by atoms with Crippen LogP contribution in [0.25, 0.3) is 10.5 Å². The molecule has 1 aliphatic rings. The SMILES string of the molecule is CC(C)Oc1ccc(-n2cc(C(O)c3c(C4CC4)sc4cncn34)nn2)cn1. The van der Waals surface area contributed by atoms with Crippen LogP contribution in [0.5, 0.6) is 5.88 Å². The minimum atomic E-state index is -0.858.